The van der Waals surface area contributed by atoms with Gasteiger partial charge in [-0.1, -0.05) is 6.07 Å². The van der Waals surface area contributed by atoms with Crippen LogP contribution in [0.15, 0.2) is 47.1 Å². The van der Waals surface area contributed by atoms with Gasteiger partial charge in [-0.15, -0.1) is 0 Å². The van der Waals surface area contributed by atoms with Crippen molar-refractivity contribution < 1.29 is 28.3 Å². The third-order valence-corrected chi connectivity index (χ3v) is 5.49. The van der Waals surface area contributed by atoms with Gasteiger partial charge in [-0.25, -0.2) is 4.79 Å². The van der Waals surface area contributed by atoms with E-state index in [0.717, 1.165) is 0 Å². The molecule has 0 saturated carbocycles. The number of aryl methyl sites for hydroxylation is 1. The summed E-state index contributed by atoms with van der Waals surface area (Å²) in [6.07, 6.45) is 1.52. The van der Waals surface area contributed by atoms with E-state index in [1.807, 2.05) is 0 Å². The molecule has 8 nitrogen and oxygen atoms in total. The van der Waals surface area contributed by atoms with E-state index in [0.29, 0.717) is 33.9 Å². The molecule has 0 radical (unpaired) electrons. The number of hydrogen-bond donors (Lipinski definition) is 1. The van der Waals surface area contributed by atoms with Crippen LogP contribution in [-0.2, 0) is 11.3 Å². The maximum atomic E-state index is 13.6. The number of Topliss-reactive ketones (excluding diaryl/α,β-unsaturated/α-hetero) is 1. The SMILES string of the molecule is CCOC(=O)c1[nH]c(C)c(C(=O)[C@H](C)N(Cc2ccco2)C(=O)c2cccc(OC)c2)c1C. The van der Waals surface area contributed by atoms with Crippen LogP contribution in [0.3, 0.4) is 0 Å². The first-order chi connectivity index (χ1) is 15.8. The number of ketones is 1. The minimum atomic E-state index is -0.836. The largest absolute Gasteiger partial charge is 0.497 e. The molecule has 1 N–H and O–H groups in total. The Bertz CT molecular complexity index is 1150. The Morgan fingerprint density at radius 1 is 1.15 bits per heavy atom. The standard InChI is InChI=1S/C25H28N2O6/c1-6-32-25(30)22-15(2)21(16(3)26-22)23(28)17(4)27(14-20-11-8-12-33-20)24(29)18-9-7-10-19(13-18)31-5/h7-13,17,26H,6,14H2,1-5H3/t17-/m0/s1. The molecule has 0 aliphatic heterocycles. The van der Waals surface area contributed by atoms with Crippen molar-refractivity contribution in [2.24, 2.45) is 0 Å². The average Bonchev–Trinajstić information content (AvgIpc) is 3.43. The molecule has 2 aromatic heterocycles. The molecule has 174 valence electrons. The number of benzene rings is 1. The number of H-pyrrole nitrogens is 1. The van der Waals surface area contributed by atoms with E-state index in [9.17, 15) is 14.4 Å². The maximum absolute atomic E-state index is 13.6. The Morgan fingerprint density at radius 2 is 1.91 bits per heavy atom. The predicted octanol–water partition coefficient (Wildman–Crippen LogP) is 4.32. The van der Waals surface area contributed by atoms with Crippen molar-refractivity contribution in [3.05, 3.63) is 76.5 Å². The highest BCUT2D eigenvalue weighted by molar-refractivity contribution is 6.07. The molecule has 1 atom stereocenters. The van der Waals surface area contributed by atoms with E-state index in [1.54, 1.807) is 64.1 Å². The number of furan rings is 1. The van der Waals surface area contributed by atoms with Gasteiger partial charge < -0.3 is 23.8 Å². The minimum Gasteiger partial charge on any atom is -0.497 e. The van der Waals surface area contributed by atoms with Gasteiger partial charge in [0, 0.05) is 16.8 Å². The van der Waals surface area contributed by atoms with Crippen LogP contribution < -0.4 is 4.74 Å². The van der Waals surface area contributed by atoms with E-state index in [1.165, 1.54) is 18.3 Å². The van der Waals surface area contributed by atoms with Gasteiger partial charge in [0.1, 0.15) is 17.2 Å². The van der Waals surface area contributed by atoms with Crippen LogP contribution in [0.4, 0.5) is 0 Å². The fraction of sp³-hybridized carbons (Fsp3) is 0.320. The van der Waals surface area contributed by atoms with Crippen molar-refractivity contribution in [3.8, 4) is 5.75 Å². The van der Waals surface area contributed by atoms with Gasteiger partial charge in [0.2, 0.25) is 0 Å². The van der Waals surface area contributed by atoms with Crippen molar-refractivity contribution >= 4 is 17.7 Å². The molecule has 33 heavy (non-hydrogen) atoms. The van der Waals surface area contributed by atoms with Crippen LogP contribution in [0.25, 0.3) is 0 Å². The molecule has 2 heterocycles. The van der Waals surface area contributed by atoms with Crippen LogP contribution in [0.5, 0.6) is 5.75 Å². The number of methoxy groups -OCH3 is 1. The van der Waals surface area contributed by atoms with Crippen LogP contribution in [0.2, 0.25) is 0 Å². The second kappa shape index (κ2) is 10.2. The summed E-state index contributed by atoms with van der Waals surface area (Å²) < 4.78 is 15.8. The predicted molar refractivity (Wildman–Crippen MR) is 122 cm³/mol. The summed E-state index contributed by atoms with van der Waals surface area (Å²) in [5.74, 6) is -0.0817. The van der Waals surface area contributed by atoms with Crippen LogP contribution in [0.1, 0.15) is 62.1 Å². The van der Waals surface area contributed by atoms with Crippen molar-refractivity contribution in [1.82, 2.24) is 9.88 Å². The first-order valence-corrected chi connectivity index (χ1v) is 10.7. The Kier molecular flexibility index (Phi) is 7.37. The number of aromatic nitrogens is 1. The van der Waals surface area contributed by atoms with E-state index in [2.05, 4.69) is 4.98 Å². The molecule has 0 unspecified atom stereocenters. The number of aromatic amines is 1. The number of nitrogens with zero attached hydrogens (tertiary/aromatic N) is 1. The number of hydrogen-bond acceptors (Lipinski definition) is 6. The van der Waals surface area contributed by atoms with Gasteiger partial charge in [-0.2, -0.15) is 0 Å². The topological polar surface area (TPSA) is 102 Å². The van der Waals surface area contributed by atoms with Gasteiger partial charge in [-0.05, 0) is 63.6 Å². The fourth-order valence-electron chi connectivity index (χ4n) is 3.75. The van der Waals surface area contributed by atoms with Crippen LogP contribution in [-0.4, -0.2) is 47.3 Å². The van der Waals surface area contributed by atoms with E-state index in [4.69, 9.17) is 13.9 Å². The maximum Gasteiger partial charge on any atom is 0.355 e. The second-order valence-corrected chi connectivity index (χ2v) is 7.63. The molecular formula is C25H28N2O6. The van der Waals surface area contributed by atoms with E-state index < -0.39 is 12.0 Å². The molecule has 1 amide bonds. The normalized spacial score (nSPS) is 11.7. The van der Waals surface area contributed by atoms with Gasteiger partial charge >= 0.3 is 5.97 Å². The summed E-state index contributed by atoms with van der Waals surface area (Å²) in [5, 5.41) is 0. The average molecular weight is 453 g/mol. The summed E-state index contributed by atoms with van der Waals surface area (Å²) in [6, 6.07) is 9.39. The number of rotatable bonds is 9. The zero-order chi connectivity index (χ0) is 24.1. The molecule has 0 aliphatic carbocycles. The van der Waals surface area contributed by atoms with Gasteiger partial charge in [-0.3, -0.25) is 9.59 Å². The smallest absolute Gasteiger partial charge is 0.355 e. The van der Waals surface area contributed by atoms with Crippen LogP contribution in [0, 0.1) is 13.8 Å². The Morgan fingerprint density at radius 3 is 2.55 bits per heavy atom. The Balaban J connectivity index is 1.98. The quantitative estimate of drug-likeness (QED) is 0.383. The van der Waals surface area contributed by atoms with Gasteiger partial charge in [0.15, 0.2) is 5.78 Å². The van der Waals surface area contributed by atoms with Crippen molar-refractivity contribution in [3.63, 3.8) is 0 Å². The Hall–Kier alpha value is -3.81. The first kappa shape index (κ1) is 23.8. The van der Waals surface area contributed by atoms with Crippen molar-refractivity contribution in [1.29, 1.82) is 0 Å². The lowest BCUT2D eigenvalue weighted by atomic mass is 9.99. The number of amides is 1. The number of carbonyl (C=O) groups excluding carboxylic acids is 3. The number of esters is 1. The summed E-state index contributed by atoms with van der Waals surface area (Å²) in [4.78, 5) is 43.7. The molecule has 3 rings (SSSR count). The molecule has 3 aromatic rings. The molecular weight excluding hydrogens is 424 g/mol. The van der Waals surface area contributed by atoms with Crippen molar-refractivity contribution in [2.45, 2.75) is 40.3 Å². The van der Waals surface area contributed by atoms with Crippen LogP contribution >= 0.6 is 0 Å². The zero-order valence-corrected chi connectivity index (χ0v) is 19.4. The lowest BCUT2D eigenvalue weighted by Crippen LogP contribution is -2.43. The number of ether oxygens (including phenoxy) is 2. The summed E-state index contributed by atoms with van der Waals surface area (Å²) >= 11 is 0. The van der Waals surface area contributed by atoms with Crippen molar-refractivity contribution in [2.75, 3.05) is 13.7 Å². The second-order valence-electron chi connectivity index (χ2n) is 7.63. The lowest BCUT2D eigenvalue weighted by molar-refractivity contribution is 0.0518. The highest BCUT2D eigenvalue weighted by atomic mass is 16.5. The first-order valence-electron chi connectivity index (χ1n) is 10.7. The summed E-state index contributed by atoms with van der Waals surface area (Å²) in [6.45, 7) is 7.12. The number of nitrogens with one attached hydrogen (secondary N) is 1. The highest BCUT2D eigenvalue weighted by Gasteiger charge is 2.32. The molecule has 0 spiro atoms. The molecule has 1 aromatic carbocycles. The molecule has 0 aliphatic rings. The molecule has 8 heteroatoms. The van der Waals surface area contributed by atoms with E-state index in [-0.39, 0.29) is 30.5 Å². The van der Waals surface area contributed by atoms with E-state index >= 15 is 0 Å². The van der Waals surface area contributed by atoms with Gasteiger partial charge in [0.25, 0.3) is 5.91 Å². The Labute approximate surface area is 192 Å². The number of carbonyl (C=O) groups is 3. The summed E-state index contributed by atoms with van der Waals surface area (Å²) in [5.41, 5.74) is 2.03. The zero-order valence-electron chi connectivity index (χ0n) is 19.4. The highest BCUT2D eigenvalue weighted by Crippen LogP contribution is 2.24. The lowest BCUT2D eigenvalue weighted by Gasteiger charge is -2.28. The third-order valence-electron chi connectivity index (χ3n) is 5.49. The minimum absolute atomic E-state index is 0.100. The monoisotopic (exact) mass is 452 g/mol. The molecule has 0 saturated heterocycles. The molecule has 0 bridgehead atoms. The molecule has 0 fully saturated rings. The summed E-state index contributed by atoms with van der Waals surface area (Å²) in [7, 11) is 1.52. The third kappa shape index (κ3) is 5.00. The fourth-order valence-corrected chi connectivity index (χ4v) is 3.75. The van der Waals surface area contributed by atoms with Gasteiger partial charge in [0.05, 0.1) is 32.6 Å².